The van der Waals surface area contributed by atoms with Crippen molar-refractivity contribution >= 4 is 44.8 Å². The number of nitrogens with zero attached hydrogens (tertiary/aromatic N) is 3. The molecule has 12 heteroatoms. The Labute approximate surface area is 344 Å². The van der Waals surface area contributed by atoms with Crippen LogP contribution in [0.4, 0.5) is 5.13 Å². The molecule has 11 nitrogen and oxygen atoms in total. The standard InChI is InChI=1S/C46H51N3O8S/c1-4-8-33-11-15-35(16-12-33)41-24-23-40(29-37(41)30-47-49(25-26-53-28-27-52-3)46-48-42-9-6-7-10-43(42)58-46)54-31-34-13-17-36(18-14-34)45(51)57-39-21-19-38(20-22-39)55-32-56-44(50)5-2/h5-7,9-12,15-16,19-24,29-30,34,36H,2,4,8,13-14,17-18,25-28,31-32H2,1,3H3/b47-30+. The lowest BCUT2D eigenvalue weighted by atomic mass is 9.82. The van der Waals surface area contributed by atoms with Gasteiger partial charge in [-0.15, -0.1) is 0 Å². The average Bonchev–Trinajstić information content (AvgIpc) is 3.69. The van der Waals surface area contributed by atoms with E-state index in [4.69, 9.17) is 38.5 Å². The second-order valence-corrected chi connectivity index (χ2v) is 15.0. The molecule has 4 aromatic carbocycles. The van der Waals surface area contributed by atoms with Crippen molar-refractivity contribution in [3.8, 4) is 28.4 Å². The zero-order chi connectivity index (χ0) is 40.5. The van der Waals surface area contributed by atoms with Crippen molar-refractivity contribution < 1.29 is 38.0 Å². The largest absolute Gasteiger partial charge is 0.493 e. The molecule has 1 saturated carbocycles. The number of hydrogen-bond donors (Lipinski definition) is 0. The molecule has 1 fully saturated rings. The van der Waals surface area contributed by atoms with Gasteiger partial charge in [0, 0.05) is 18.7 Å². The number of hydrogen-bond acceptors (Lipinski definition) is 12. The second kappa shape index (κ2) is 21.8. The number of carbonyl (C=O) groups excluding carboxylic acids is 2. The summed E-state index contributed by atoms with van der Waals surface area (Å²) < 4.78 is 34.4. The summed E-state index contributed by atoms with van der Waals surface area (Å²) in [6.45, 7) is 7.86. The molecule has 1 aliphatic carbocycles. The smallest absolute Gasteiger partial charge is 0.333 e. The van der Waals surface area contributed by atoms with Crippen molar-refractivity contribution in [2.75, 3.05) is 51.9 Å². The third-order valence-electron chi connectivity index (χ3n) is 9.85. The van der Waals surface area contributed by atoms with Crippen LogP contribution in [0.3, 0.4) is 0 Å². The number of rotatable bonds is 21. The number of aromatic nitrogens is 1. The number of thiazole rings is 1. The fraction of sp³-hybridized carbons (Fsp3) is 0.348. The predicted molar refractivity (Wildman–Crippen MR) is 228 cm³/mol. The molecule has 0 amide bonds. The molecule has 0 radical (unpaired) electrons. The minimum absolute atomic E-state index is 0.181. The first kappa shape index (κ1) is 42.1. The lowest BCUT2D eigenvalue weighted by molar-refractivity contribution is -0.144. The van der Waals surface area contributed by atoms with E-state index in [1.54, 1.807) is 42.7 Å². The van der Waals surface area contributed by atoms with Crippen LogP contribution in [-0.4, -0.2) is 70.0 Å². The average molecular weight is 806 g/mol. The van der Waals surface area contributed by atoms with Crippen molar-refractivity contribution in [1.82, 2.24) is 4.98 Å². The Balaban J connectivity index is 1.10. The molecule has 0 N–H and O–H groups in total. The monoisotopic (exact) mass is 805 g/mol. The van der Waals surface area contributed by atoms with Crippen LogP contribution in [0.15, 0.2) is 109 Å². The molecule has 58 heavy (non-hydrogen) atoms. The maximum Gasteiger partial charge on any atom is 0.333 e. The summed E-state index contributed by atoms with van der Waals surface area (Å²) in [5, 5.41) is 7.69. The lowest BCUT2D eigenvalue weighted by Crippen LogP contribution is -2.27. The number of fused-ring (bicyclic) bond motifs is 1. The first-order chi connectivity index (χ1) is 28.4. The molecule has 0 bridgehead atoms. The lowest BCUT2D eigenvalue weighted by Gasteiger charge is -2.27. The van der Waals surface area contributed by atoms with Crippen molar-refractivity contribution in [3.05, 3.63) is 115 Å². The van der Waals surface area contributed by atoms with E-state index >= 15 is 0 Å². The second-order valence-electron chi connectivity index (χ2n) is 14.0. The number of carbonyl (C=O) groups is 2. The maximum absolute atomic E-state index is 13.0. The highest BCUT2D eigenvalue weighted by Crippen LogP contribution is 2.33. The Morgan fingerprint density at radius 2 is 1.66 bits per heavy atom. The number of anilines is 1. The van der Waals surface area contributed by atoms with Crippen LogP contribution in [0, 0.1) is 11.8 Å². The Kier molecular flexibility index (Phi) is 15.8. The van der Waals surface area contributed by atoms with Gasteiger partial charge in [0.25, 0.3) is 0 Å². The Hall–Kier alpha value is -5.56. The van der Waals surface area contributed by atoms with E-state index in [1.165, 1.54) is 5.56 Å². The predicted octanol–water partition coefficient (Wildman–Crippen LogP) is 9.28. The van der Waals surface area contributed by atoms with Crippen molar-refractivity contribution in [2.24, 2.45) is 16.9 Å². The molecule has 0 aliphatic heterocycles. The summed E-state index contributed by atoms with van der Waals surface area (Å²) in [6, 6.07) is 29.6. The molecule has 304 valence electrons. The van der Waals surface area contributed by atoms with Gasteiger partial charge in [-0.2, -0.15) is 5.10 Å². The van der Waals surface area contributed by atoms with Crippen molar-refractivity contribution in [3.63, 3.8) is 0 Å². The van der Waals surface area contributed by atoms with E-state index in [-0.39, 0.29) is 18.7 Å². The van der Waals surface area contributed by atoms with E-state index < -0.39 is 5.97 Å². The number of benzene rings is 4. The fourth-order valence-electron chi connectivity index (χ4n) is 6.64. The third-order valence-corrected chi connectivity index (χ3v) is 10.9. The van der Waals surface area contributed by atoms with Gasteiger partial charge in [-0.3, -0.25) is 4.79 Å². The van der Waals surface area contributed by atoms with Crippen LogP contribution in [0.25, 0.3) is 21.3 Å². The fourth-order valence-corrected chi connectivity index (χ4v) is 7.59. The van der Waals surface area contributed by atoms with Gasteiger partial charge in [-0.1, -0.05) is 73.7 Å². The highest BCUT2D eigenvalue weighted by molar-refractivity contribution is 7.22. The third kappa shape index (κ3) is 12.2. The number of aryl methyl sites for hydroxylation is 1. The van der Waals surface area contributed by atoms with E-state index in [2.05, 4.69) is 56.0 Å². The van der Waals surface area contributed by atoms with Crippen LogP contribution in [0.5, 0.6) is 17.2 Å². The first-order valence-corrected chi connectivity index (χ1v) is 20.6. The normalized spacial score (nSPS) is 15.3. The molecule has 0 saturated heterocycles. The van der Waals surface area contributed by atoms with Crippen LogP contribution in [-0.2, 0) is 30.2 Å². The Morgan fingerprint density at radius 1 is 0.897 bits per heavy atom. The summed E-state index contributed by atoms with van der Waals surface area (Å²) in [5.74, 6) is 1.00. The van der Waals surface area contributed by atoms with Crippen molar-refractivity contribution in [2.45, 2.75) is 45.4 Å². The van der Waals surface area contributed by atoms with Crippen molar-refractivity contribution in [1.29, 1.82) is 0 Å². The molecule has 1 aromatic heterocycles. The van der Waals surface area contributed by atoms with E-state index in [0.29, 0.717) is 50.4 Å². The van der Waals surface area contributed by atoms with Crippen LogP contribution in [0.1, 0.15) is 50.2 Å². The molecule has 1 aliphatic rings. The summed E-state index contributed by atoms with van der Waals surface area (Å²) in [5.41, 5.74) is 5.32. The van der Waals surface area contributed by atoms with E-state index in [0.717, 1.165) is 82.4 Å². The number of ether oxygens (including phenoxy) is 6. The summed E-state index contributed by atoms with van der Waals surface area (Å²) in [7, 11) is 1.66. The number of esters is 2. The summed E-state index contributed by atoms with van der Waals surface area (Å²) in [6.07, 6.45) is 8.26. The van der Waals surface area contributed by atoms with Gasteiger partial charge in [0.2, 0.25) is 11.9 Å². The van der Waals surface area contributed by atoms with Gasteiger partial charge in [-0.05, 0) is 103 Å². The minimum Gasteiger partial charge on any atom is -0.493 e. The van der Waals surface area contributed by atoms with Gasteiger partial charge < -0.3 is 28.4 Å². The van der Waals surface area contributed by atoms with E-state index in [9.17, 15) is 9.59 Å². The molecule has 1 heterocycles. The quantitative estimate of drug-likeness (QED) is 0.0135. The molecule has 5 aromatic rings. The van der Waals surface area contributed by atoms with Gasteiger partial charge in [0.05, 0.1) is 55.3 Å². The van der Waals surface area contributed by atoms with E-state index in [1.807, 2.05) is 35.5 Å². The van der Waals surface area contributed by atoms with Gasteiger partial charge in [0.1, 0.15) is 17.2 Å². The van der Waals surface area contributed by atoms with Crippen LogP contribution < -0.4 is 19.2 Å². The van der Waals surface area contributed by atoms with Gasteiger partial charge in [0.15, 0.2) is 0 Å². The zero-order valence-electron chi connectivity index (χ0n) is 33.2. The van der Waals surface area contributed by atoms with Crippen LogP contribution in [0.2, 0.25) is 0 Å². The Bertz CT molecular complexity index is 2080. The SMILES string of the molecule is C=CC(=O)OCOc1ccc(OC(=O)C2CCC(COc3ccc(-c4ccc(CCC)cc4)c(/C=N/N(CCOCCOC)c4nc5ccccc5s4)c3)CC2)cc1. The molecule has 0 spiro atoms. The first-order valence-electron chi connectivity index (χ1n) is 19.8. The number of hydrazone groups is 1. The van der Waals surface area contributed by atoms with Gasteiger partial charge >= 0.3 is 11.9 Å². The summed E-state index contributed by atoms with van der Waals surface area (Å²) in [4.78, 5) is 29.1. The molecule has 0 unspecified atom stereocenters. The highest BCUT2D eigenvalue weighted by atomic mass is 32.1. The molecular weight excluding hydrogens is 755 g/mol. The minimum atomic E-state index is -0.568. The number of methoxy groups -OCH3 is 1. The highest BCUT2D eigenvalue weighted by Gasteiger charge is 2.28. The van der Waals surface area contributed by atoms with Crippen LogP contribution >= 0.6 is 11.3 Å². The zero-order valence-corrected chi connectivity index (χ0v) is 34.0. The maximum atomic E-state index is 13.0. The Morgan fingerprint density at radius 3 is 2.40 bits per heavy atom. The molecular formula is C46H51N3O8S. The summed E-state index contributed by atoms with van der Waals surface area (Å²) >= 11 is 1.60. The van der Waals surface area contributed by atoms with Gasteiger partial charge in [-0.25, -0.2) is 14.8 Å². The molecule has 6 rings (SSSR count). The number of para-hydroxylation sites is 1. The topological polar surface area (TPSA) is 118 Å². The molecule has 0 atom stereocenters.